The minimum atomic E-state index is -2.89. The Morgan fingerprint density at radius 3 is 1.84 bits per heavy atom. The summed E-state index contributed by atoms with van der Waals surface area (Å²) in [4.78, 5) is 102. The molecule has 2 bridgehead atoms. The maximum absolute atomic E-state index is 12.6. The second kappa shape index (κ2) is 22.2. The number of nitrogens with zero attached hydrogens (tertiary/aromatic N) is 9. The molecule has 3 fully saturated rings. The van der Waals surface area contributed by atoms with Crippen molar-refractivity contribution in [3.8, 4) is 5.75 Å². The SMILES string of the molecule is Cc1nc(=O)[nH]c(=O)n1C.Cc1nc(=O)n(CC(O)CN2C3CCC2CC(OCc2ccccc2OC(F)F)C3)c(=O)n1C.Cc1nc(=O)n(CC2CO2)c(=O)n1C.O=C(O)C(=O)O. The number of aromatic amines is 1. The van der Waals surface area contributed by atoms with Crippen LogP contribution < -0.4 is 38.9 Å². The van der Waals surface area contributed by atoms with E-state index in [2.05, 4.69) is 24.6 Å². The van der Waals surface area contributed by atoms with Gasteiger partial charge in [-0.1, -0.05) is 18.2 Å². The van der Waals surface area contributed by atoms with Crippen molar-refractivity contribution in [2.75, 3.05) is 13.2 Å². The minimum Gasteiger partial charge on any atom is -0.473 e. The van der Waals surface area contributed by atoms with Gasteiger partial charge in [-0.2, -0.15) is 23.7 Å². The minimum absolute atomic E-state index is 0.00454. The van der Waals surface area contributed by atoms with E-state index in [1.54, 1.807) is 53.1 Å². The number of alkyl halides is 2. The van der Waals surface area contributed by atoms with E-state index < -0.39 is 53.1 Å². The van der Waals surface area contributed by atoms with Crippen molar-refractivity contribution in [1.29, 1.82) is 0 Å². The lowest BCUT2D eigenvalue weighted by molar-refractivity contribution is -0.159. The molecule has 4 N–H and O–H groups in total. The van der Waals surface area contributed by atoms with E-state index in [1.165, 1.54) is 26.8 Å². The lowest BCUT2D eigenvalue weighted by atomic mass is 9.99. The maximum Gasteiger partial charge on any atom is 0.414 e. The standard InChI is InChI=1S/C23H30F2N4O5.C8H11N3O3.C5H7N3O2.C2H2O4/c1-14-26-22(31)29(23(32)27(14)2)12-18(30)11-28-16-7-8-17(28)10-19(9-16)33-13-15-5-3-4-6-20(15)34-21(24)25;1-5-9-7(12)11(3-6-4-14-6)8(13)10(5)2;1-3-6-4(9)7-5(10)8(3)2;3-1(4)2(5)6/h3-6,16-19,21,30H,7-13H2,1-2H3;6H,3-4H2,1-2H3;1-2H3,(H,7,9,10);(H,3,4)(H,5,6). The molecule has 6 heterocycles. The first-order chi connectivity index (χ1) is 30.1. The number of carboxylic acid groups (broad SMARTS) is 2. The van der Waals surface area contributed by atoms with Gasteiger partial charge < -0.3 is 29.5 Å². The Kier molecular flexibility index (Phi) is 17.4. The number of aliphatic hydroxyl groups excluding tert-OH is 1. The second-order valence-electron chi connectivity index (χ2n) is 14.9. The van der Waals surface area contributed by atoms with Gasteiger partial charge in [0.15, 0.2) is 0 Å². The zero-order valence-corrected chi connectivity index (χ0v) is 35.8. The van der Waals surface area contributed by atoms with Crippen molar-refractivity contribution < 1.29 is 47.9 Å². The van der Waals surface area contributed by atoms with E-state index in [0.717, 1.165) is 34.8 Å². The summed E-state index contributed by atoms with van der Waals surface area (Å²) in [6.07, 6.45) is 2.54. The largest absolute Gasteiger partial charge is 0.473 e. The molecule has 350 valence electrons. The molecule has 0 radical (unpaired) electrons. The van der Waals surface area contributed by atoms with Crippen LogP contribution in [0, 0.1) is 20.8 Å². The molecular weight excluding hydrogens is 858 g/mol. The molecule has 24 nitrogen and oxygen atoms in total. The summed E-state index contributed by atoms with van der Waals surface area (Å²) >= 11 is 0. The van der Waals surface area contributed by atoms with Crippen LogP contribution in [0.25, 0.3) is 0 Å². The molecule has 4 aromatic rings. The van der Waals surface area contributed by atoms with Crippen molar-refractivity contribution in [1.82, 2.24) is 47.7 Å². The highest BCUT2D eigenvalue weighted by Crippen LogP contribution is 2.37. The van der Waals surface area contributed by atoms with Crippen molar-refractivity contribution in [3.63, 3.8) is 0 Å². The molecule has 1 aromatic carbocycles. The number of carboxylic acids is 2. The number of piperidine rings is 1. The van der Waals surface area contributed by atoms with Gasteiger partial charge in [0.2, 0.25) is 0 Å². The number of carbonyl (C=O) groups is 2. The van der Waals surface area contributed by atoms with E-state index in [0.29, 0.717) is 42.7 Å². The fraction of sp³-hybridized carbons (Fsp3) is 0.553. The van der Waals surface area contributed by atoms with Crippen LogP contribution in [-0.4, -0.2) is 125 Å². The van der Waals surface area contributed by atoms with E-state index in [4.69, 9.17) is 29.3 Å². The number of aromatic nitrogens is 9. The Labute approximate surface area is 360 Å². The summed E-state index contributed by atoms with van der Waals surface area (Å²) in [7, 11) is 4.67. The third-order valence-corrected chi connectivity index (χ3v) is 10.5. The van der Waals surface area contributed by atoms with Gasteiger partial charge in [-0.15, -0.1) is 0 Å². The van der Waals surface area contributed by atoms with E-state index in [-0.39, 0.29) is 48.9 Å². The first-order valence-electron chi connectivity index (χ1n) is 19.7. The maximum atomic E-state index is 12.6. The third-order valence-electron chi connectivity index (χ3n) is 10.5. The van der Waals surface area contributed by atoms with E-state index in [9.17, 15) is 42.7 Å². The van der Waals surface area contributed by atoms with E-state index >= 15 is 0 Å². The fourth-order valence-electron chi connectivity index (χ4n) is 6.82. The number of benzene rings is 1. The van der Waals surface area contributed by atoms with Crippen molar-refractivity contribution in [2.24, 2.45) is 21.1 Å². The zero-order chi connectivity index (χ0) is 47.6. The number of para-hydroxylation sites is 1. The van der Waals surface area contributed by atoms with Crippen molar-refractivity contribution >= 4 is 11.9 Å². The van der Waals surface area contributed by atoms with Gasteiger partial charge in [-0.3, -0.25) is 23.6 Å². The molecule has 0 aliphatic carbocycles. The van der Waals surface area contributed by atoms with Crippen molar-refractivity contribution in [2.45, 2.75) is 103 Å². The Morgan fingerprint density at radius 2 is 1.33 bits per heavy atom. The molecule has 3 aliphatic rings. The van der Waals surface area contributed by atoms with Crippen LogP contribution in [0.15, 0.2) is 53.0 Å². The van der Waals surface area contributed by atoms with Crippen LogP contribution in [0.3, 0.4) is 0 Å². The Balaban J connectivity index is 0.000000242. The lowest BCUT2D eigenvalue weighted by Gasteiger charge is -2.39. The molecule has 3 aromatic heterocycles. The predicted octanol–water partition coefficient (Wildman–Crippen LogP) is -1.99. The number of nitrogens with one attached hydrogen (secondary N) is 1. The monoisotopic (exact) mass is 908 g/mol. The molecule has 4 atom stereocenters. The zero-order valence-electron chi connectivity index (χ0n) is 35.8. The number of aliphatic carboxylic acids is 2. The van der Waals surface area contributed by atoms with Gasteiger partial charge in [0.1, 0.15) is 23.2 Å². The average Bonchev–Trinajstić information content (AvgIpc) is 4.02. The number of rotatable bonds is 11. The Morgan fingerprint density at radius 1 is 0.812 bits per heavy atom. The molecule has 0 amide bonds. The Bertz CT molecular complexity index is 2630. The summed E-state index contributed by atoms with van der Waals surface area (Å²) in [5.41, 5.74) is -2.45. The number of aliphatic hydroxyl groups is 1. The smallest absolute Gasteiger partial charge is 0.414 e. The summed E-state index contributed by atoms with van der Waals surface area (Å²) in [6.45, 7) is 3.24. The first-order valence-corrected chi connectivity index (χ1v) is 19.7. The average molecular weight is 909 g/mol. The van der Waals surface area contributed by atoms with Crippen LogP contribution >= 0.6 is 0 Å². The summed E-state index contributed by atoms with van der Waals surface area (Å²) in [5.74, 6) is -2.37. The van der Waals surface area contributed by atoms with Gasteiger partial charge in [-0.25, -0.2) is 47.5 Å². The summed E-state index contributed by atoms with van der Waals surface area (Å²) in [5, 5.41) is 25.4. The molecule has 26 heteroatoms. The number of epoxide rings is 1. The van der Waals surface area contributed by atoms with Crippen LogP contribution in [0.2, 0.25) is 0 Å². The summed E-state index contributed by atoms with van der Waals surface area (Å²) in [6, 6.07) is 7.03. The highest BCUT2D eigenvalue weighted by atomic mass is 19.3. The molecule has 3 aliphatic heterocycles. The predicted molar refractivity (Wildman–Crippen MR) is 217 cm³/mol. The van der Waals surface area contributed by atoms with Gasteiger partial charge in [0.05, 0.1) is 44.6 Å². The number of hydrogen-bond acceptors (Lipinski definition) is 16. The van der Waals surface area contributed by atoms with Crippen LogP contribution in [0.1, 0.15) is 48.7 Å². The van der Waals surface area contributed by atoms with Gasteiger partial charge >= 0.3 is 52.7 Å². The molecule has 4 unspecified atom stereocenters. The fourth-order valence-corrected chi connectivity index (χ4v) is 6.82. The second-order valence-corrected chi connectivity index (χ2v) is 14.9. The summed E-state index contributed by atoms with van der Waals surface area (Å²) < 4.78 is 46.9. The number of ether oxygens (including phenoxy) is 3. The highest BCUT2D eigenvalue weighted by molar-refractivity contribution is 6.27. The Hall–Kier alpha value is -6.51. The molecule has 64 heavy (non-hydrogen) atoms. The van der Waals surface area contributed by atoms with Gasteiger partial charge in [0.25, 0.3) is 0 Å². The topological polar surface area (TPSA) is 311 Å². The third kappa shape index (κ3) is 13.7. The first kappa shape index (κ1) is 50.1. The molecule has 7 rings (SSSR count). The van der Waals surface area contributed by atoms with E-state index in [1.807, 2.05) is 4.98 Å². The van der Waals surface area contributed by atoms with Crippen LogP contribution in [-0.2, 0) is 59.9 Å². The number of hydrogen-bond donors (Lipinski definition) is 4. The normalized spacial score (nSPS) is 19.0. The van der Waals surface area contributed by atoms with Gasteiger partial charge in [0, 0.05) is 45.3 Å². The highest BCUT2D eigenvalue weighted by Gasteiger charge is 2.41. The number of halogens is 2. The molecule has 3 saturated heterocycles. The number of fused-ring (bicyclic) bond motifs is 2. The van der Waals surface area contributed by atoms with Crippen LogP contribution in [0.4, 0.5) is 8.78 Å². The molecular formula is C38H50F2N10O14. The van der Waals surface area contributed by atoms with Gasteiger partial charge in [-0.05, 0) is 52.5 Å². The number of H-pyrrole nitrogens is 1. The lowest BCUT2D eigenvalue weighted by Crippen LogP contribution is -2.50. The van der Waals surface area contributed by atoms with Crippen LogP contribution in [0.5, 0.6) is 5.75 Å². The van der Waals surface area contributed by atoms with Crippen molar-refractivity contribution in [3.05, 3.63) is 110 Å². The molecule has 0 saturated carbocycles. The quantitative estimate of drug-likeness (QED) is 0.0935. The number of aryl methyl sites for hydroxylation is 3. The molecule has 0 spiro atoms.